The Morgan fingerprint density at radius 1 is 1.17 bits per heavy atom. The number of fused-ring (bicyclic) bond motifs is 1. The Bertz CT molecular complexity index is 732. The summed E-state index contributed by atoms with van der Waals surface area (Å²) in [6.45, 7) is 0.799. The highest BCUT2D eigenvalue weighted by Gasteiger charge is 2.36. The molecule has 0 heterocycles. The van der Waals surface area contributed by atoms with Gasteiger partial charge in [-0.05, 0) is 40.5 Å². The smallest absolute Gasteiger partial charge is 0.387 e. The summed E-state index contributed by atoms with van der Waals surface area (Å²) in [6, 6.07) is 9.80. The molecule has 2 aromatic carbocycles. The average molecular weight is 322 g/mol. The SMILES string of the molecule is CC(C)C(O)(/C(N)=C/N)c1ccc2cc(OC(F)F)ccc2c1. The van der Waals surface area contributed by atoms with Crippen LogP contribution in [0.1, 0.15) is 19.4 Å². The summed E-state index contributed by atoms with van der Waals surface area (Å²) in [5.74, 6) is -0.123. The summed E-state index contributed by atoms with van der Waals surface area (Å²) >= 11 is 0. The van der Waals surface area contributed by atoms with Crippen molar-refractivity contribution in [1.82, 2.24) is 0 Å². The lowest BCUT2D eigenvalue weighted by atomic mass is 9.80. The molecule has 0 amide bonds. The number of benzene rings is 2. The Kier molecular flexibility index (Phi) is 4.75. The molecule has 0 aromatic heterocycles. The van der Waals surface area contributed by atoms with E-state index in [-0.39, 0.29) is 17.4 Å². The molecule has 0 aliphatic heterocycles. The van der Waals surface area contributed by atoms with Crippen LogP contribution in [0.15, 0.2) is 48.3 Å². The van der Waals surface area contributed by atoms with Crippen LogP contribution >= 0.6 is 0 Å². The van der Waals surface area contributed by atoms with Crippen molar-refractivity contribution in [2.75, 3.05) is 0 Å². The Morgan fingerprint density at radius 2 is 1.78 bits per heavy atom. The van der Waals surface area contributed by atoms with Gasteiger partial charge in [-0.3, -0.25) is 0 Å². The number of halogens is 2. The van der Waals surface area contributed by atoms with Crippen LogP contribution in [0.5, 0.6) is 5.75 Å². The van der Waals surface area contributed by atoms with E-state index in [9.17, 15) is 13.9 Å². The summed E-state index contributed by atoms with van der Waals surface area (Å²) < 4.78 is 28.9. The molecular formula is C17H20F2N2O2. The zero-order chi connectivity index (χ0) is 17.2. The van der Waals surface area contributed by atoms with E-state index in [1.54, 1.807) is 24.3 Å². The van der Waals surface area contributed by atoms with E-state index in [0.29, 0.717) is 10.9 Å². The van der Waals surface area contributed by atoms with Crippen LogP contribution < -0.4 is 16.2 Å². The van der Waals surface area contributed by atoms with Crippen molar-refractivity contribution < 1.29 is 18.6 Å². The summed E-state index contributed by atoms with van der Waals surface area (Å²) in [4.78, 5) is 0. The zero-order valence-corrected chi connectivity index (χ0v) is 13.0. The van der Waals surface area contributed by atoms with Crippen LogP contribution in [0.2, 0.25) is 0 Å². The van der Waals surface area contributed by atoms with Crippen molar-refractivity contribution in [2.45, 2.75) is 26.1 Å². The van der Waals surface area contributed by atoms with Gasteiger partial charge in [-0.2, -0.15) is 8.78 Å². The highest BCUT2D eigenvalue weighted by molar-refractivity contribution is 5.84. The van der Waals surface area contributed by atoms with E-state index in [2.05, 4.69) is 4.74 Å². The molecule has 0 aliphatic rings. The first-order valence-corrected chi connectivity index (χ1v) is 7.18. The van der Waals surface area contributed by atoms with Gasteiger partial charge in [-0.15, -0.1) is 0 Å². The van der Waals surface area contributed by atoms with Crippen molar-refractivity contribution in [3.05, 3.63) is 53.9 Å². The third kappa shape index (κ3) is 3.22. The molecule has 2 rings (SSSR count). The van der Waals surface area contributed by atoms with Gasteiger partial charge in [0.1, 0.15) is 11.4 Å². The molecule has 0 saturated heterocycles. The second kappa shape index (κ2) is 6.42. The predicted molar refractivity (Wildman–Crippen MR) is 85.8 cm³/mol. The zero-order valence-electron chi connectivity index (χ0n) is 13.0. The van der Waals surface area contributed by atoms with Gasteiger partial charge < -0.3 is 21.3 Å². The maximum Gasteiger partial charge on any atom is 0.387 e. The molecule has 6 heteroatoms. The molecular weight excluding hydrogens is 302 g/mol. The minimum absolute atomic E-state index is 0.0840. The minimum Gasteiger partial charge on any atom is -0.435 e. The lowest BCUT2D eigenvalue weighted by Crippen LogP contribution is -2.38. The van der Waals surface area contributed by atoms with Gasteiger partial charge in [0.25, 0.3) is 0 Å². The third-order valence-corrected chi connectivity index (χ3v) is 3.93. The van der Waals surface area contributed by atoms with E-state index in [1.165, 1.54) is 18.3 Å². The number of ether oxygens (including phenoxy) is 1. The Labute approximate surface area is 133 Å². The quantitative estimate of drug-likeness (QED) is 0.790. The monoisotopic (exact) mass is 322 g/mol. The van der Waals surface area contributed by atoms with Crippen LogP contribution in [0, 0.1) is 5.92 Å². The van der Waals surface area contributed by atoms with Gasteiger partial charge in [0.05, 0.1) is 5.70 Å². The third-order valence-electron chi connectivity index (χ3n) is 3.93. The molecule has 0 aliphatic carbocycles. The van der Waals surface area contributed by atoms with Gasteiger partial charge in [0, 0.05) is 6.20 Å². The van der Waals surface area contributed by atoms with Crippen molar-refractivity contribution in [3.8, 4) is 5.75 Å². The number of rotatable bonds is 5. The van der Waals surface area contributed by atoms with Crippen LogP contribution in [-0.2, 0) is 5.60 Å². The predicted octanol–water partition coefficient (Wildman–Crippen LogP) is 3.04. The van der Waals surface area contributed by atoms with Gasteiger partial charge in [-0.25, -0.2) is 0 Å². The maximum absolute atomic E-state index is 12.3. The normalized spacial score (nSPS) is 15.2. The molecule has 2 aromatic rings. The van der Waals surface area contributed by atoms with Crippen molar-refractivity contribution in [2.24, 2.45) is 17.4 Å². The van der Waals surface area contributed by atoms with Crippen LogP contribution in [0.3, 0.4) is 0 Å². The second-order valence-corrected chi connectivity index (χ2v) is 5.65. The number of aliphatic hydroxyl groups is 1. The molecule has 1 unspecified atom stereocenters. The molecule has 1 atom stereocenters. The Morgan fingerprint density at radius 3 is 2.35 bits per heavy atom. The van der Waals surface area contributed by atoms with E-state index in [1.807, 2.05) is 13.8 Å². The first kappa shape index (κ1) is 17.0. The lowest BCUT2D eigenvalue weighted by Gasteiger charge is -2.33. The van der Waals surface area contributed by atoms with Gasteiger partial charge in [0.15, 0.2) is 0 Å². The topological polar surface area (TPSA) is 81.5 Å². The highest BCUT2D eigenvalue weighted by Crippen LogP contribution is 2.36. The number of nitrogens with two attached hydrogens (primary N) is 2. The first-order valence-electron chi connectivity index (χ1n) is 7.18. The Balaban J connectivity index is 2.51. The summed E-state index contributed by atoms with van der Waals surface area (Å²) in [5.41, 5.74) is 10.7. The standard InChI is InChI=1S/C17H20F2N2O2/c1-10(2)17(22,15(21)9-20)13-5-3-12-8-14(23-16(18)19)6-4-11(12)7-13/h3-10,16,22H,20-21H2,1-2H3/b15-9-. The molecule has 4 nitrogen and oxygen atoms in total. The second-order valence-electron chi connectivity index (χ2n) is 5.65. The summed E-state index contributed by atoms with van der Waals surface area (Å²) in [7, 11) is 0. The minimum atomic E-state index is -2.87. The fourth-order valence-electron chi connectivity index (χ4n) is 2.60. The van der Waals surface area contributed by atoms with E-state index < -0.39 is 12.2 Å². The van der Waals surface area contributed by atoms with Crippen LogP contribution in [-0.4, -0.2) is 11.7 Å². The summed E-state index contributed by atoms with van der Waals surface area (Å²) in [6.07, 6.45) is 1.18. The van der Waals surface area contributed by atoms with Crippen molar-refractivity contribution >= 4 is 10.8 Å². The fourth-order valence-corrected chi connectivity index (χ4v) is 2.60. The first-order chi connectivity index (χ1) is 10.8. The van der Waals surface area contributed by atoms with E-state index in [4.69, 9.17) is 11.5 Å². The summed E-state index contributed by atoms with van der Waals surface area (Å²) in [5, 5.41) is 12.5. The van der Waals surface area contributed by atoms with Gasteiger partial charge in [0.2, 0.25) is 0 Å². The highest BCUT2D eigenvalue weighted by atomic mass is 19.3. The lowest BCUT2D eigenvalue weighted by molar-refractivity contribution is -0.0497. The van der Waals surface area contributed by atoms with Gasteiger partial charge in [-0.1, -0.05) is 32.0 Å². The number of hydrogen-bond donors (Lipinski definition) is 3. The van der Waals surface area contributed by atoms with Crippen molar-refractivity contribution in [1.29, 1.82) is 0 Å². The molecule has 0 radical (unpaired) electrons. The molecule has 0 saturated carbocycles. The average Bonchev–Trinajstić information content (AvgIpc) is 2.51. The number of alkyl halides is 2. The molecule has 0 spiro atoms. The molecule has 23 heavy (non-hydrogen) atoms. The Hall–Kier alpha value is -2.34. The van der Waals surface area contributed by atoms with Crippen LogP contribution in [0.25, 0.3) is 10.8 Å². The molecule has 0 bridgehead atoms. The molecule has 124 valence electrons. The van der Waals surface area contributed by atoms with Crippen molar-refractivity contribution in [3.63, 3.8) is 0 Å². The van der Waals surface area contributed by atoms with Crippen LogP contribution in [0.4, 0.5) is 8.78 Å². The van der Waals surface area contributed by atoms with E-state index in [0.717, 1.165) is 5.39 Å². The maximum atomic E-state index is 12.3. The fraction of sp³-hybridized carbons (Fsp3) is 0.294. The van der Waals surface area contributed by atoms with Gasteiger partial charge >= 0.3 is 6.61 Å². The number of hydrogen-bond acceptors (Lipinski definition) is 4. The molecule has 5 N–H and O–H groups in total. The molecule has 0 fully saturated rings. The largest absolute Gasteiger partial charge is 0.435 e. The van der Waals surface area contributed by atoms with E-state index >= 15 is 0 Å².